The van der Waals surface area contributed by atoms with Crippen molar-refractivity contribution >= 4 is 10.9 Å². The summed E-state index contributed by atoms with van der Waals surface area (Å²) in [6.45, 7) is 15.6. The molecule has 154 valence electrons. The molecule has 3 heteroatoms. The Morgan fingerprint density at radius 1 is 1.21 bits per heavy atom. The fourth-order valence-electron chi connectivity index (χ4n) is 7.15. The fraction of sp³-hybridized carbons (Fsp3) is 0.500. The summed E-state index contributed by atoms with van der Waals surface area (Å²) in [7, 11) is 4.31. The van der Waals surface area contributed by atoms with Gasteiger partial charge in [-0.15, -0.1) is 6.58 Å². The lowest BCUT2D eigenvalue weighted by atomic mass is 9.43. The molecule has 0 aliphatic heterocycles. The van der Waals surface area contributed by atoms with Gasteiger partial charge >= 0.3 is 0 Å². The van der Waals surface area contributed by atoms with Crippen molar-refractivity contribution < 1.29 is 10.4 Å². The number of nitrogens with one attached hydrogen (secondary N) is 1. The maximum atomic E-state index is 13.0. The van der Waals surface area contributed by atoms with Gasteiger partial charge in [0.15, 0.2) is 5.60 Å². The van der Waals surface area contributed by atoms with E-state index in [2.05, 4.69) is 89.7 Å². The lowest BCUT2D eigenvalue weighted by Gasteiger charge is -2.64. The van der Waals surface area contributed by atoms with E-state index in [9.17, 15) is 5.11 Å². The molecule has 4 unspecified atom stereocenters. The van der Waals surface area contributed by atoms with Crippen molar-refractivity contribution in [1.82, 2.24) is 4.98 Å². The Labute approximate surface area is 174 Å². The van der Waals surface area contributed by atoms with Gasteiger partial charge in [0, 0.05) is 38.9 Å². The van der Waals surface area contributed by atoms with Gasteiger partial charge in [0.25, 0.3) is 0 Å². The zero-order chi connectivity index (χ0) is 21.0. The zero-order valence-corrected chi connectivity index (χ0v) is 18.4. The number of hydrogen-bond donors (Lipinski definition) is 3. The minimum absolute atomic E-state index is 0.0900. The molecule has 3 aliphatic carbocycles. The number of nitrogens with two attached hydrogens (primary N) is 1. The Kier molecular flexibility index (Phi) is 3.47. The second kappa shape index (κ2) is 5.25. The first-order valence-electron chi connectivity index (χ1n) is 10.9. The van der Waals surface area contributed by atoms with Gasteiger partial charge in [0.1, 0.15) is 5.54 Å². The second-order valence-electron chi connectivity index (χ2n) is 10.9. The molecule has 3 nitrogen and oxygen atoms in total. The van der Waals surface area contributed by atoms with Crippen molar-refractivity contribution in [3.63, 3.8) is 0 Å². The molecule has 1 aromatic carbocycles. The molecule has 0 spiro atoms. The third-order valence-corrected chi connectivity index (χ3v) is 8.98. The molecule has 2 aromatic rings. The highest BCUT2D eigenvalue weighted by molar-refractivity contribution is 5.92. The molecule has 5 rings (SSSR count). The summed E-state index contributed by atoms with van der Waals surface area (Å²) < 4.78 is 0. The van der Waals surface area contributed by atoms with Gasteiger partial charge in [0.2, 0.25) is 0 Å². The van der Waals surface area contributed by atoms with E-state index in [-0.39, 0.29) is 22.2 Å². The van der Waals surface area contributed by atoms with Gasteiger partial charge in [0.05, 0.1) is 0 Å². The van der Waals surface area contributed by atoms with E-state index in [4.69, 9.17) is 0 Å². The molecular formula is C26H34N2O. The normalized spacial score (nSPS) is 38.7. The van der Waals surface area contributed by atoms with Crippen molar-refractivity contribution in [2.24, 2.45) is 11.3 Å². The van der Waals surface area contributed by atoms with Crippen molar-refractivity contribution in [3.8, 4) is 0 Å². The third-order valence-electron chi connectivity index (χ3n) is 8.98. The minimum Gasteiger partial charge on any atom is -0.467 e. The lowest BCUT2D eigenvalue weighted by molar-refractivity contribution is -0.705. The van der Waals surface area contributed by atoms with Crippen molar-refractivity contribution in [2.75, 3.05) is 0 Å². The van der Waals surface area contributed by atoms with Crippen LogP contribution in [0.5, 0.6) is 0 Å². The number of aliphatic hydroxyl groups is 1. The summed E-state index contributed by atoms with van der Waals surface area (Å²) in [5.74, 6) is 0.0900. The first-order valence-corrected chi connectivity index (χ1v) is 10.9. The van der Waals surface area contributed by atoms with E-state index in [0.717, 1.165) is 29.6 Å². The van der Waals surface area contributed by atoms with Crippen molar-refractivity contribution in [1.29, 1.82) is 0 Å². The topological polar surface area (TPSA) is 52.6 Å². The minimum atomic E-state index is -1.05. The Bertz CT molecular complexity index is 1070. The largest absolute Gasteiger partial charge is 0.467 e. The highest BCUT2D eigenvalue weighted by Gasteiger charge is 2.72. The number of aromatic amines is 1. The van der Waals surface area contributed by atoms with Gasteiger partial charge in [-0.1, -0.05) is 52.0 Å². The third kappa shape index (κ3) is 1.84. The summed E-state index contributed by atoms with van der Waals surface area (Å²) in [5.41, 5.74) is 2.38. The molecule has 29 heavy (non-hydrogen) atoms. The molecule has 4 atom stereocenters. The number of allylic oxidation sites excluding steroid dienone is 1. The number of rotatable bonds is 2. The van der Waals surface area contributed by atoms with Crippen LogP contribution in [-0.4, -0.2) is 15.6 Å². The Hall–Kier alpha value is -1.84. The number of hydrogen-bond acceptors (Lipinski definition) is 1. The maximum Gasteiger partial charge on any atom is 0.152 e. The summed E-state index contributed by atoms with van der Waals surface area (Å²) >= 11 is 0. The number of aromatic nitrogens is 1. The molecule has 0 radical (unpaired) electrons. The second-order valence-corrected chi connectivity index (χ2v) is 10.9. The SMILES string of the molecule is C=CC1(C)CCC2C(C)(C)c3cccc4[nH]c5c(c34)C2(O)C1([NH2+][CH2-])C=CC5(C)C. The molecule has 0 amide bonds. The first kappa shape index (κ1) is 19.1. The van der Waals surface area contributed by atoms with Crippen LogP contribution in [0.3, 0.4) is 0 Å². The van der Waals surface area contributed by atoms with Crippen molar-refractivity contribution in [3.05, 3.63) is 66.9 Å². The van der Waals surface area contributed by atoms with E-state index in [1.807, 2.05) is 5.32 Å². The zero-order valence-electron chi connectivity index (χ0n) is 18.4. The highest BCUT2D eigenvalue weighted by atomic mass is 16.3. The average molecular weight is 391 g/mol. The molecule has 1 saturated carbocycles. The van der Waals surface area contributed by atoms with E-state index in [1.54, 1.807) is 0 Å². The van der Waals surface area contributed by atoms with Gasteiger partial charge < -0.3 is 15.4 Å². The predicted octanol–water partition coefficient (Wildman–Crippen LogP) is 4.19. The van der Waals surface area contributed by atoms with E-state index >= 15 is 0 Å². The van der Waals surface area contributed by atoms with E-state index in [1.165, 1.54) is 10.9 Å². The molecule has 1 heterocycles. The first-order chi connectivity index (χ1) is 13.5. The average Bonchev–Trinajstić information content (AvgIpc) is 3.05. The standard InChI is InChI=1S/C26H34N2O/c1-8-24(6)13-12-18-23(4,5)16-10-9-11-17-19(16)20-21(28-17)22(2,3)14-15-25(24,27-7)26(18,20)29/h8-11,14-15,18,28-29H,1,7,12-13,27H2,2-6H3. The fourth-order valence-corrected chi connectivity index (χ4v) is 7.15. The van der Waals surface area contributed by atoms with Crippen LogP contribution in [0.4, 0.5) is 0 Å². The molecular weight excluding hydrogens is 356 g/mol. The van der Waals surface area contributed by atoms with Crippen LogP contribution >= 0.6 is 0 Å². The molecule has 4 N–H and O–H groups in total. The molecule has 0 bridgehead atoms. The van der Waals surface area contributed by atoms with Crippen LogP contribution in [0.1, 0.15) is 64.3 Å². The number of H-pyrrole nitrogens is 1. The van der Waals surface area contributed by atoms with Gasteiger partial charge in [-0.05, 0) is 42.9 Å². The quantitative estimate of drug-likeness (QED) is 0.523. The smallest absolute Gasteiger partial charge is 0.152 e. The Balaban J connectivity index is 2.05. The molecule has 1 aromatic heterocycles. The van der Waals surface area contributed by atoms with Crippen LogP contribution < -0.4 is 5.32 Å². The Morgan fingerprint density at radius 3 is 2.59 bits per heavy atom. The van der Waals surface area contributed by atoms with E-state index < -0.39 is 11.1 Å². The van der Waals surface area contributed by atoms with Crippen LogP contribution in [0.25, 0.3) is 10.9 Å². The van der Waals surface area contributed by atoms with Gasteiger partial charge in [-0.25, -0.2) is 0 Å². The maximum absolute atomic E-state index is 13.0. The monoisotopic (exact) mass is 390 g/mol. The van der Waals surface area contributed by atoms with Crippen LogP contribution in [0, 0.1) is 18.4 Å². The summed E-state index contributed by atoms with van der Waals surface area (Å²) in [5, 5.41) is 16.2. The van der Waals surface area contributed by atoms with Gasteiger partial charge in [-0.2, -0.15) is 7.05 Å². The van der Waals surface area contributed by atoms with Crippen LogP contribution in [0.15, 0.2) is 43.0 Å². The molecule has 3 aliphatic rings. The summed E-state index contributed by atoms with van der Waals surface area (Å²) in [6.07, 6.45) is 8.54. The highest BCUT2D eigenvalue weighted by Crippen LogP contribution is 2.66. The summed E-state index contributed by atoms with van der Waals surface area (Å²) in [6, 6.07) is 6.57. The number of benzene rings is 1. The van der Waals surface area contributed by atoms with Gasteiger partial charge in [-0.3, -0.25) is 0 Å². The lowest BCUT2D eigenvalue weighted by Crippen LogP contribution is -3.01. The summed E-state index contributed by atoms with van der Waals surface area (Å²) in [4.78, 5) is 3.73. The molecule has 1 fully saturated rings. The van der Waals surface area contributed by atoms with Crippen LogP contribution in [0.2, 0.25) is 0 Å². The predicted molar refractivity (Wildman–Crippen MR) is 118 cm³/mol. The van der Waals surface area contributed by atoms with Crippen LogP contribution in [-0.2, 0) is 16.4 Å². The Morgan fingerprint density at radius 2 is 1.93 bits per heavy atom. The number of quaternary nitrogens is 1. The molecule has 0 saturated heterocycles. The van der Waals surface area contributed by atoms with E-state index in [0.29, 0.717) is 0 Å². The van der Waals surface area contributed by atoms with Crippen molar-refractivity contribution in [2.45, 2.75) is 69.4 Å².